The van der Waals surface area contributed by atoms with Crippen LogP contribution in [0.2, 0.25) is 5.02 Å². The number of nitrogens with zero attached hydrogens (tertiary/aromatic N) is 3. The predicted molar refractivity (Wildman–Crippen MR) is 63.7 cm³/mol. The van der Waals surface area contributed by atoms with Crippen molar-refractivity contribution in [3.05, 3.63) is 40.4 Å². The monoisotopic (exact) mass is 254 g/mol. The SMILES string of the molecule is Cc1c(C(C)N)nnn1-c1cccc(Cl)c1F. The largest absolute Gasteiger partial charge is 0.323 e. The van der Waals surface area contributed by atoms with Crippen LogP contribution in [0.3, 0.4) is 0 Å². The molecule has 0 saturated heterocycles. The van der Waals surface area contributed by atoms with Crippen LogP contribution in [0.15, 0.2) is 18.2 Å². The Bertz CT molecular complexity index is 550. The van der Waals surface area contributed by atoms with Crippen molar-refractivity contribution in [2.45, 2.75) is 19.9 Å². The number of nitrogens with two attached hydrogens (primary N) is 1. The van der Waals surface area contributed by atoms with Crippen molar-refractivity contribution >= 4 is 11.6 Å². The maximum Gasteiger partial charge on any atom is 0.167 e. The molecule has 2 rings (SSSR count). The lowest BCUT2D eigenvalue weighted by atomic mass is 10.2. The van der Waals surface area contributed by atoms with Crippen molar-refractivity contribution in [3.63, 3.8) is 0 Å². The van der Waals surface area contributed by atoms with Gasteiger partial charge in [0.15, 0.2) is 5.82 Å². The summed E-state index contributed by atoms with van der Waals surface area (Å²) in [7, 11) is 0. The zero-order chi connectivity index (χ0) is 12.6. The highest BCUT2D eigenvalue weighted by atomic mass is 35.5. The lowest BCUT2D eigenvalue weighted by Crippen LogP contribution is -2.08. The summed E-state index contributed by atoms with van der Waals surface area (Å²) in [5.41, 5.74) is 7.36. The van der Waals surface area contributed by atoms with E-state index in [1.165, 1.54) is 10.7 Å². The van der Waals surface area contributed by atoms with Gasteiger partial charge in [0, 0.05) is 6.04 Å². The first-order valence-corrected chi connectivity index (χ1v) is 5.52. The Balaban J connectivity index is 2.58. The molecule has 0 bridgehead atoms. The number of hydrogen-bond acceptors (Lipinski definition) is 3. The fourth-order valence-corrected chi connectivity index (χ4v) is 1.82. The van der Waals surface area contributed by atoms with E-state index < -0.39 is 5.82 Å². The lowest BCUT2D eigenvalue weighted by Gasteiger charge is -2.07. The molecule has 0 amide bonds. The molecule has 1 atom stereocenters. The van der Waals surface area contributed by atoms with E-state index in [-0.39, 0.29) is 16.8 Å². The molecular formula is C11H12ClFN4. The number of halogens is 2. The number of rotatable bonds is 2. The second-order valence-corrected chi connectivity index (χ2v) is 4.24. The van der Waals surface area contributed by atoms with Crippen LogP contribution >= 0.6 is 11.6 Å². The van der Waals surface area contributed by atoms with Gasteiger partial charge in [0.1, 0.15) is 11.4 Å². The Morgan fingerprint density at radius 3 is 2.76 bits per heavy atom. The minimum Gasteiger partial charge on any atom is -0.323 e. The van der Waals surface area contributed by atoms with Crippen molar-refractivity contribution in [1.29, 1.82) is 0 Å². The molecule has 4 nitrogen and oxygen atoms in total. The average Bonchev–Trinajstić information content (AvgIpc) is 2.64. The van der Waals surface area contributed by atoms with Crippen LogP contribution in [0, 0.1) is 12.7 Å². The molecule has 1 heterocycles. The maximum atomic E-state index is 13.8. The molecule has 6 heteroatoms. The summed E-state index contributed by atoms with van der Waals surface area (Å²) in [6.07, 6.45) is 0. The van der Waals surface area contributed by atoms with Crippen LogP contribution in [0.4, 0.5) is 4.39 Å². The van der Waals surface area contributed by atoms with E-state index in [2.05, 4.69) is 10.3 Å². The van der Waals surface area contributed by atoms with Gasteiger partial charge in [-0.3, -0.25) is 0 Å². The quantitative estimate of drug-likeness (QED) is 0.895. The van der Waals surface area contributed by atoms with Gasteiger partial charge in [0.2, 0.25) is 0 Å². The normalized spacial score (nSPS) is 12.8. The molecule has 0 aliphatic carbocycles. The molecule has 1 aromatic carbocycles. The summed E-state index contributed by atoms with van der Waals surface area (Å²) in [5, 5.41) is 7.89. The van der Waals surface area contributed by atoms with Gasteiger partial charge in [-0.1, -0.05) is 22.9 Å². The summed E-state index contributed by atoms with van der Waals surface area (Å²) in [6.45, 7) is 3.59. The van der Waals surface area contributed by atoms with Crippen LogP contribution in [0.5, 0.6) is 0 Å². The van der Waals surface area contributed by atoms with Crippen LogP contribution in [0.1, 0.15) is 24.4 Å². The number of aromatic nitrogens is 3. The molecule has 1 aromatic heterocycles. The molecule has 90 valence electrons. The maximum absolute atomic E-state index is 13.8. The topological polar surface area (TPSA) is 56.7 Å². The minimum atomic E-state index is -0.515. The Hall–Kier alpha value is -1.46. The average molecular weight is 255 g/mol. The zero-order valence-corrected chi connectivity index (χ0v) is 10.2. The molecule has 0 radical (unpaired) electrons. The summed E-state index contributed by atoms with van der Waals surface area (Å²) in [5.74, 6) is -0.515. The van der Waals surface area contributed by atoms with Crippen molar-refractivity contribution in [1.82, 2.24) is 15.0 Å². The highest BCUT2D eigenvalue weighted by molar-refractivity contribution is 6.30. The van der Waals surface area contributed by atoms with Crippen molar-refractivity contribution < 1.29 is 4.39 Å². The van der Waals surface area contributed by atoms with Gasteiger partial charge in [0.05, 0.1) is 10.7 Å². The third kappa shape index (κ3) is 2.03. The van der Waals surface area contributed by atoms with Gasteiger partial charge in [0.25, 0.3) is 0 Å². The molecule has 0 fully saturated rings. The Morgan fingerprint density at radius 1 is 1.47 bits per heavy atom. The lowest BCUT2D eigenvalue weighted by molar-refractivity contribution is 0.605. The third-order valence-corrected chi connectivity index (χ3v) is 2.81. The molecule has 2 N–H and O–H groups in total. The first kappa shape index (κ1) is 12.0. The minimum absolute atomic E-state index is 0.0553. The van der Waals surface area contributed by atoms with Gasteiger partial charge in [-0.25, -0.2) is 9.07 Å². The summed E-state index contributed by atoms with van der Waals surface area (Å²) >= 11 is 5.72. The fraction of sp³-hybridized carbons (Fsp3) is 0.273. The summed E-state index contributed by atoms with van der Waals surface area (Å²) < 4.78 is 15.2. The van der Waals surface area contributed by atoms with Crippen LogP contribution in [0.25, 0.3) is 5.69 Å². The van der Waals surface area contributed by atoms with Gasteiger partial charge in [-0.05, 0) is 26.0 Å². The van der Waals surface area contributed by atoms with Crippen LogP contribution < -0.4 is 5.73 Å². The number of benzene rings is 1. The van der Waals surface area contributed by atoms with E-state index in [1.54, 1.807) is 26.0 Å². The van der Waals surface area contributed by atoms with Crippen LogP contribution in [-0.2, 0) is 0 Å². The van der Waals surface area contributed by atoms with Gasteiger partial charge >= 0.3 is 0 Å². The molecule has 0 aliphatic rings. The second kappa shape index (κ2) is 4.43. The summed E-state index contributed by atoms with van der Waals surface area (Å²) in [6, 6.07) is 4.49. The van der Waals surface area contributed by atoms with E-state index >= 15 is 0 Å². The van der Waals surface area contributed by atoms with E-state index in [9.17, 15) is 4.39 Å². The van der Waals surface area contributed by atoms with Crippen LogP contribution in [-0.4, -0.2) is 15.0 Å². The zero-order valence-electron chi connectivity index (χ0n) is 9.48. The second-order valence-electron chi connectivity index (χ2n) is 3.83. The smallest absolute Gasteiger partial charge is 0.167 e. The highest BCUT2D eigenvalue weighted by Crippen LogP contribution is 2.23. The molecular weight excluding hydrogens is 243 g/mol. The predicted octanol–water partition coefficient (Wildman–Crippen LogP) is 2.39. The van der Waals surface area contributed by atoms with E-state index in [0.29, 0.717) is 11.4 Å². The molecule has 1 unspecified atom stereocenters. The van der Waals surface area contributed by atoms with E-state index in [4.69, 9.17) is 17.3 Å². The fourth-order valence-electron chi connectivity index (χ4n) is 1.65. The Morgan fingerprint density at radius 2 is 2.18 bits per heavy atom. The van der Waals surface area contributed by atoms with Crippen molar-refractivity contribution in [3.8, 4) is 5.69 Å². The van der Waals surface area contributed by atoms with Crippen molar-refractivity contribution in [2.75, 3.05) is 0 Å². The first-order chi connectivity index (χ1) is 8.02. The van der Waals surface area contributed by atoms with Gasteiger partial charge < -0.3 is 5.73 Å². The first-order valence-electron chi connectivity index (χ1n) is 5.14. The third-order valence-electron chi connectivity index (χ3n) is 2.52. The Kier molecular flexibility index (Phi) is 3.13. The molecule has 0 aliphatic heterocycles. The Labute approximate surface area is 103 Å². The van der Waals surface area contributed by atoms with Gasteiger partial charge in [-0.2, -0.15) is 0 Å². The molecule has 17 heavy (non-hydrogen) atoms. The van der Waals surface area contributed by atoms with Crippen molar-refractivity contribution in [2.24, 2.45) is 5.73 Å². The summed E-state index contributed by atoms with van der Waals surface area (Å²) in [4.78, 5) is 0. The van der Waals surface area contributed by atoms with E-state index in [0.717, 1.165) is 0 Å². The van der Waals surface area contributed by atoms with E-state index in [1.807, 2.05) is 0 Å². The molecule has 2 aromatic rings. The molecule has 0 spiro atoms. The standard InChI is InChI=1S/C11H12ClFN4/c1-6(14)11-7(2)17(16-15-11)9-5-3-4-8(12)10(9)13/h3-6H,14H2,1-2H3. The number of hydrogen-bond donors (Lipinski definition) is 1. The molecule has 0 saturated carbocycles. The van der Waals surface area contributed by atoms with Gasteiger partial charge in [-0.15, -0.1) is 5.10 Å². The highest BCUT2D eigenvalue weighted by Gasteiger charge is 2.16.